The van der Waals surface area contributed by atoms with Gasteiger partial charge < -0.3 is 0 Å². The smallest absolute Gasteiger partial charge is 0.0267 e. The zero-order valence-electron chi connectivity index (χ0n) is 9.04. The predicted octanol–water partition coefficient (Wildman–Crippen LogP) is 5.12. The second-order valence-electron chi connectivity index (χ2n) is 3.62. The average Bonchev–Trinajstić information content (AvgIpc) is 2.69. The molecule has 0 spiro atoms. The lowest BCUT2D eigenvalue weighted by Crippen LogP contribution is -1.75. The van der Waals surface area contributed by atoms with Crippen LogP contribution in [0.25, 0.3) is 6.08 Å². The van der Waals surface area contributed by atoms with Crippen LogP contribution in [-0.2, 0) is 0 Å². The Hall–Kier alpha value is -0.560. The van der Waals surface area contributed by atoms with Gasteiger partial charge in [-0.25, -0.2) is 0 Å². The summed E-state index contributed by atoms with van der Waals surface area (Å²) in [7, 11) is 0. The van der Waals surface area contributed by atoms with Gasteiger partial charge in [-0.1, -0.05) is 44.7 Å². The second-order valence-corrected chi connectivity index (χ2v) is 4.60. The number of hydrogen-bond acceptors (Lipinski definition) is 1. The number of rotatable bonds is 7. The van der Waals surface area contributed by atoms with Crippen LogP contribution in [0.2, 0.25) is 0 Å². The number of hydrogen-bond donors (Lipinski definition) is 0. The summed E-state index contributed by atoms with van der Waals surface area (Å²) in [6.07, 6.45) is 12.7. The second kappa shape index (κ2) is 7.81. The van der Waals surface area contributed by atoms with E-state index in [1.54, 1.807) is 0 Å². The molecule has 0 bridgehead atoms. The van der Waals surface area contributed by atoms with Gasteiger partial charge in [-0.15, -0.1) is 11.3 Å². The Bertz CT molecular complexity index is 234. The summed E-state index contributed by atoms with van der Waals surface area (Å²) < 4.78 is 0. The van der Waals surface area contributed by atoms with Crippen LogP contribution in [0.3, 0.4) is 0 Å². The van der Waals surface area contributed by atoms with Crippen molar-refractivity contribution in [3.05, 3.63) is 28.5 Å². The monoisotopic (exact) mass is 208 g/mol. The fraction of sp³-hybridized carbons (Fsp3) is 0.538. The molecule has 0 atom stereocenters. The van der Waals surface area contributed by atoms with Crippen molar-refractivity contribution in [2.24, 2.45) is 0 Å². The molecule has 0 aromatic carbocycles. The third-order valence-corrected chi connectivity index (χ3v) is 3.14. The first-order chi connectivity index (χ1) is 6.93. The van der Waals surface area contributed by atoms with Crippen molar-refractivity contribution in [3.8, 4) is 0 Å². The van der Waals surface area contributed by atoms with Crippen molar-refractivity contribution >= 4 is 17.4 Å². The molecule has 1 heterocycles. The van der Waals surface area contributed by atoms with Gasteiger partial charge in [0.05, 0.1) is 0 Å². The average molecular weight is 208 g/mol. The van der Waals surface area contributed by atoms with Gasteiger partial charge >= 0.3 is 0 Å². The van der Waals surface area contributed by atoms with E-state index < -0.39 is 0 Å². The molecule has 1 heteroatoms. The van der Waals surface area contributed by atoms with Gasteiger partial charge in [-0.2, -0.15) is 0 Å². The minimum absolute atomic E-state index is 1.24. The molecular weight excluding hydrogens is 188 g/mol. The van der Waals surface area contributed by atoms with Crippen LogP contribution in [0.4, 0.5) is 0 Å². The molecule has 1 aromatic rings. The first-order valence-electron chi connectivity index (χ1n) is 5.63. The van der Waals surface area contributed by atoms with Crippen LogP contribution < -0.4 is 0 Å². The number of thiophene rings is 1. The molecule has 0 unspecified atom stereocenters. The summed E-state index contributed by atoms with van der Waals surface area (Å²) in [5, 5.41) is 2.13. The van der Waals surface area contributed by atoms with Crippen molar-refractivity contribution in [2.75, 3.05) is 0 Å². The minimum atomic E-state index is 1.24. The zero-order valence-corrected chi connectivity index (χ0v) is 9.85. The Kier molecular flexibility index (Phi) is 6.42. The molecule has 0 nitrogen and oxygen atoms in total. The van der Waals surface area contributed by atoms with E-state index in [-0.39, 0.29) is 0 Å². The molecule has 0 aliphatic heterocycles. The van der Waals surface area contributed by atoms with Gasteiger partial charge in [0.25, 0.3) is 0 Å². The maximum Gasteiger partial charge on any atom is 0.0267 e. The quantitative estimate of drug-likeness (QED) is 0.545. The number of unbranched alkanes of at least 4 members (excludes halogenated alkanes) is 5. The highest BCUT2D eigenvalue weighted by Gasteiger charge is 1.87. The maximum atomic E-state index is 2.30. The Balaban J connectivity index is 1.98. The summed E-state index contributed by atoms with van der Waals surface area (Å²) in [6, 6.07) is 4.27. The Labute approximate surface area is 91.7 Å². The highest BCUT2D eigenvalue weighted by molar-refractivity contribution is 7.10. The molecule has 0 aliphatic carbocycles. The predicted molar refractivity (Wildman–Crippen MR) is 66.7 cm³/mol. The van der Waals surface area contributed by atoms with E-state index >= 15 is 0 Å². The Morgan fingerprint density at radius 3 is 2.79 bits per heavy atom. The first kappa shape index (κ1) is 11.5. The van der Waals surface area contributed by atoms with E-state index in [0.29, 0.717) is 0 Å². The third kappa shape index (κ3) is 5.23. The topological polar surface area (TPSA) is 0 Å². The zero-order chi connectivity index (χ0) is 10.1. The van der Waals surface area contributed by atoms with Crippen LogP contribution in [0.5, 0.6) is 0 Å². The van der Waals surface area contributed by atoms with Crippen LogP contribution in [0.15, 0.2) is 23.6 Å². The molecule has 1 aromatic heterocycles. The molecule has 0 N–H and O–H groups in total. The van der Waals surface area contributed by atoms with Crippen molar-refractivity contribution in [1.82, 2.24) is 0 Å². The van der Waals surface area contributed by atoms with E-state index in [1.165, 1.54) is 43.4 Å². The molecule has 0 fully saturated rings. The molecule has 14 heavy (non-hydrogen) atoms. The van der Waals surface area contributed by atoms with Gasteiger partial charge in [-0.3, -0.25) is 0 Å². The molecule has 0 aliphatic rings. The van der Waals surface area contributed by atoms with Crippen LogP contribution >= 0.6 is 11.3 Å². The van der Waals surface area contributed by atoms with Gasteiger partial charge in [0, 0.05) is 4.88 Å². The van der Waals surface area contributed by atoms with Gasteiger partial charge in [0.2, 0.25) is 0 Å². The van der Waals surface area contributed by atoms with Crippen LogP contribution in [0, 0.1) is 0 Å². The lowest BCUT2D eigenvalue weighted by molar-refractivity contribution is 0.638. The highest BCUT2D eigenvalue weighted by Crippen LogP contribution is 2.12. The fourth-order valence-electron chi connectivity index (χ4n) is 1.45. The van der Waals surface area contributed by atoms with E-state index in [9.17, 15) is 0 Å². The highest BCUT2D eigenvalue weighted by atomic mass is 32.1. The third-order valence-electron chi connectivity index (χ3n) is 2.30. The largest absolute Gasteiger partial charge is 0.144 e. The summed E-state index contributed by atoms with van der Waals surface area (Å²) in [4.78, 5) is 1.37. The molecule has 78 valence electrons. The maximum absolute atomic E-state index is 2.30. The van der Waals surface area contributed by atoms with E-state index in [0.717, 1.165) is 0 Å². The van der Waals surface area contributed by atoms with Crippen LogP contribution in [-0.4, -0.2) is 0 Å². The first-order valence-corrected chi connectivity index (χ1v) is 6.51. The van der Waals surface area contributed by atoms with Gasteiger partial charge in [0.15, 0.2) is 0 Å². The lowest BCUT2D eigenvalue weighted by atomic mass is 10.1. The normalized spacial score (nSPS) is 11.2. The Morgan fingerprint density at radius 1 is 1.21 bits per heavy atom. The van der Waals surface area contributed by atoms with Crippen molar-refractivity contribution in [2.45, 2.75) is 45.4 Å². The number of allylic oxidation sites excluding steroid dienone is 1. The molecule has 0 saturated heterocycles. The molecular formula is C13H20S. The van der Waals surface area contributed by atoms with E-state index in [4.69, 9.17) is 0 Å². The lowest BCUT2D eigenvalue weighted by Gasteiger charge is -1.95. The summed E-state index contributed by atoms with van der Waals surface area (Å²) in [5.74, 6) is 0. The minimum Gasteiger partial charge on any atom is -0.144 e. The van der Waals surface area contributed by atoms with Crippen LogP contribution in [0.1, 0.15) is 50.3 Å². The van der Waals surface area contributed by atoms with Gasteiger partial charge in [0.1, 0.15) is 0 Å². The standard InChI is InChI=1S/C13H20S/c1-2-3-4-5-6-7-8-10-13-11-9-12-14-13/h8-12H,2-7H2,1H3/b10-8+. The van der Waals surface area contributed by atoms with E-state index in [2.05, 4.69) is 36.6 Å². The molecule has 0 radical (unpaired) electrons. The van der Waals surface area contributed by atoms with Gasteiger partial charge in [-0.05, 0) is 30.4 Å². The summed E-state index contributed by atoms with van der Waals surface area (Å²) in [6.45, 7) is 2.26. The SMILES string of the molecule is CCCCCCC/C=C/c1cccs1. The summed E-state index contributed by atoms with van der Waals surface area (Å²) in [5.41, 5.74) is 0. The Morgan fingerprint density at radius 2 is 2.07 bits per heavy atom. The van der Waals surface area contributed by atoms with Crippen molar-refractivity contribution in [1.29, 1.82) is 0 Å². The summed E-state index contributed by atoms with van der Waals surface area (Å²) >= 11 is 1.81. The molecule has 1 rings (SSSR count). The molecule has 0 saturated carbocycles. The fourth-order valence-corrected chi connectivity index (χ4v) is 2.10. The van der Waals surface area contributed by atoms with Crippen molar-refractivity contribution in [3.63, 3.8) is 0 Å². The molecule has 0 amide bonds. The van der Waals surface area contributed by atoms with E-state index in [1.807, 2.05) is 11.3 Å². The van der Waals surface area contributed by atoms with Crippen molar-refractivity contribution < 1.29 is 0 Å².